The molecule has 7 heteroatoms. The maximum Gasteiger partial charge on any atom is 0.387 e. The van der Waals surface area contributed by atoms with Gasteiger partial charge in [0.15, 0.2) is 0 Å². The van der Waals surface area contributed by atoms with Gasteiger partial charge in [-0.05, 0) is 30.7 Å². The van der Waals surface area contributed by atoms with Crippen LogP contribution in [0.5, 0.6) is 5.75 Å². The minimum absolute atomic E-state index is 0.0839. The van der Waals surface area contributed by atoms with Gasteiger partial charge in [-0.2, -0.15) is 8.78 Å². The molecule has 0 aliphatic heterocycles. The fourth-order valence-electron chi connectivity index (χ4n) is 2.28. The summed E-state index contributed by atoms with van der Waals surface area (Å²) in [5.41, 5.74) is -0.133. The molecule has 2 rings (SSSR count). The molecule has 1 unspecified atom stereocenters. The van der Waals surface area contributed by atoms with Crippen LogP contribution in [0.4, 0.5) is 17.6 Å². The maximum atomic E-state index is 13.7. The van der Waals surface area contributed by atoms with E-state index in [9.17, 15) is 22.4 Å². The molecule has 24 heavy (non-hydrogen) atoms. The highest BCUT2D eigenvalue weighted by Crippen LogP contribution is 2.28. The van der Waals surface area contributed by atoms with Crippen LogP contribution in [-0.4, -0.2) is 12.5 Å². The molecule has 1 atom stereocenters. The highest BCUT2D eigenvalue weighted by Gasteiger charge is 2.21. The molecule has 1 amide bonds. The fraction of sp³-hybridized carbons (Fsp3) is 0.235. The van der Waals surface area contributed by atoms with Gasteiger partial charge in [0.1, 0.15) is 17.4 Å². The Morgan fingerprint density at radius 1 is 1.17 bits per heavy atom. The molecular formula is C17H15F4NO2. The van der Waals surface area contributed by atoms with Crippen LogP contribution in [0.1, 0.15) is 35.3 Å². The molecule has 0 bridgehead atoms. The van der Waals surface area contributed by atoms with E-state index in [1.807, 2.05) is 0 Å². The fourth-order valence-corrected chi connectivity index (χ4v) is 2.28. The third-order valence-corrected chi connectivity index (χ3v) is 3.40. The Kier molecular flexibility index (Phi) is 5.78. The van der Waals surface area contributed by atoms with E-state index >= 15 is 0 Å². The van der Waals surface area contributed by atoms with Crippen LogP contribution < -0.4 is 10.1 Å². The number of hydrogen-bond acceptors (Lipinski definition) is 2. The third kappa shape index (κ3) is 4.24. The minimum atomic E-state index is -3.01. The Labute approximate surface area is 136 Å². The molecule has 0 saturated heterocycles. The number of amides is 1. The third-order valence-electron chi connectivity index (χ3n) is 3.40. The molecule has 0 aliphatic rings. The summed E-state index contributed by atoms with van der Waals surface area (Å²) >= 11 is 0. The Morgan fingerprint density at radius 3 is 2.54 bits per heavy atom. The van der Waals surface area contributed by atoms with Gasteiger partial charge in [0, 0.05) is 5.56 Å². The van der Waals surface area contributed by atoms with Crippen molar-refractivity contribution in [3.63, 3.8) is 0 Å². The van der Waals surface area contributed by atoms with Gasteiger partial charge in [-0.15, -0.1) is 0 Å². The molecule has 3 nitrogen and oxygen atoms in total. The van der Waals surface area contributed by atoms with E-state index in [0.717, 1.165) is 18.2 Å². The monoisotopic (exact) mass is 341 g/mol. The van der Waals surface area contributed by atoms with Crippen LogP contribution in [0, 0.1) is 11.6 Å². The number of nitrogens with one attached hydrogen (secondary N) is 1. The Hall–Kier alpha value is -2.57. The summed E-state index contributed by atoms with van der Waals surface area (Å²) in [6.07, 6.45) is 0.340. The molecule has 2 aromatic carbocycles. The van der Waals surface area contributed by atoms with Crippen LogP contribution in [0.2, 0.25) is 0 Å². The summed E-state index contributed by atoms with van der Waals surface area (Å²) in [5.74, 6) is -2.55. The second kappa shape index (κ2) is 7.81. The van der Waals surface area contributed by atoms with E-state index in [2.05, 4.69) is 10.1 Å². The van der Waals surface area contributed by atoms with Gasteiger partial charge in [0.05, 0.1) is 11.6 Å². The normalized spacial score (nSPS) is 12.1. The molecule has 0 radical (unpaired) electrons. The first-order valence-corrected chi connectivity index (χ1v) is 7.22. The number of halogens is 4. The molecular weight excluding hydrogens is 326 g/mol. The van der Waals surface area contributed by atoms with Crippen LogP contribution in [0.15, 0.2) is 42.5 Å². The van der Waals surface area contributed by atoms with Gasteiger partial charge in [0.25, 0.3) is 5.91 Å². The van der Waals surface area contributed by atoms with E-state index in [-0.39, 0.29) is 5.75 Å². The second-order valence-electron chi connectivity index (χ2n) is 4.97. The number of carbonyl (C=O) groups excluding carboxylic acids is 1. The first kappa shape index (κ1) is 17.8. The average Bonchev–Trinajstić information content (AvgIpc) is 2.55. The predicted octanol–water partition coefficient (Wildman–Crippen LogP) is 4.45. The summed E-state index contributed by atoms with van der Waals surface area (Å²) in [5, 5.41) is 2.51. The lowest BCUT2D eigenvalue weighted by atomic mass is 10.0. The minimum Gasteiger partial charge on any atom is -0.434 e. The number of para-hydroxylation sites is 1. The Bertz CT molecular complexity index is 721. The van der Waals surface area contributed by atoms with Crippen molar-refractivity contribution in [2.75, 3.05) is 0 Å². The summed E-state index contributed by atoms with van der Waals surface area (Å²) in [7, 11) is 0. The molecule has 0 heterocycles. The SMILES string of the molecule is CCC(NC(=O)c1cc(F)ccc1F)c1ccccc1OC(F)F. The molecule has 0 fully saturated rings. The number of benzene rings is 2. The summed E-state index contributed by atoms with van der Waals surface area (Å²) in [6.45, 7) is -1.30. The van der Waals surface area contributed by atoms with E-state index in [0.29, 0.717) is 12.0 Å². The lowest BCUT2D eigenvalue weighted by Gasteiger charge is -2.20. The highest BCUT2D eigenvalue weighted by molar-refractivity contribution is 5.94. The van der Waals surface area contributed by atoms with Gasteiger partial charge in [-0.1, -0.05) is 25.1 Å². The Morgan fingerprint density at radius 2 is 1.88 bits per heavy atom. The number of ether oxygens (including phenoxy) is 1. The summed E-state index contributed by atoms with van der Waals surface area (Å²) < 4.78 is 56.3. The van der Waals surface area contributed by atoms with Crippen molar-refractivity contribution < 1.29 is 27.1 Å². The number of hydrogen-bond donors (Lipinski definition) is 1. The lowest BCUT2D eigenvalue weighted by molar-refractivity contribution is -0.0506. The first-order chi connectivity index (χ1) is 11.4. The molecule has 0 spiro atoms. The van der Waals surface area contributed by atoms with Crippen molar-refractivity contribution in [3.8, 4) is 5.75 Å². The molecule has 0 saturated carbocycles. The van der Waals surface area contributed by atoms with Gasteiger partial charge in [0.2, 0.25) is 0 Å². The summed E-state index contributed by atoms with van der Waals surface area (Å²) in [6, 6.07) is 7.81. The van der Waals surface area contributed by atoms with Crippen molar-refractivity contribution in [1.82, 2.24) is 5.32 Å². The van der Waals surface area contributed by atoms with Crippen LogP contribution in [0.25, 0.3) is 0 Å². The Balaban J connectivity index is 2.27. The van der Waals surface area contributed by atoms with Crippen molar-refractivity contribution in [3.05, 3.63) is 65.2 Å². The zero-order valence-electron chi connectivity index (χ0n) is 12.7. The predicted molar refractivity (Wildman–Crippen MR) is 79.9 cm³/mol. The standard InChI is InChI=1S/C17H15F4NO2/c1-2-14(11-5-3-4-6-15(11)24-17(20)21)22-16(23)12-9-10(18)7-8-13(12)19/h3-9,14,17H,2H2,1H3,(H,22,23). The molecule has 128 valence electrons. The number of carbonyl (C=O) groups is 1. The van der Waals surface area contributed by atoms with Crippen molar-refractivity contribution in [2.24, 2.45) is 0 Å². The van der Waals surface area contributed by atoms with Crippen molar-refractivity contribution in [2.45, 2.75) is 26.0 Å². The van der Waals surface area contributed by atoms with Gasteiger partial charge >= 0.3 is 6.61 Å². The average molecular weight is 341 g/mol. The van der Waals surface area contributed by atoms with Crippen LogP contribution in [0.3, 0.4) is 0 Å². The summed E-state index contributed by atoms with van der Waals surface area (Å²) in [4.78, 5) is 12.2. The van der Waals surface area contributed by atoms with Gasteiger partial charge in [-0.3, -0.25) is 4.79 Å². The smallest absolute Gasteiger partial charge is 0.387 e. The molecule has 2 aromatic rings. The lowest BCUT2D eigenvalue weighted by Crippen LogP contribution is -2.29. The topological polar surface area (TPSA) is 38.3 Å². The van der Waals surface area contributed by atoms with Crippen LogP contribution in [-0.2, 0) is 0 Å². The second-order valence-corrected chi connectivity index (χ2v) is 4.97. The number of alkyl halides is 2. The van der Waals surface area contributed by atoms with E-state index in [4.69, 9.17) is 0 Å². The molecule has 0 aromatic heterocycles. The maximum absolute atomic E-state index is 13.7. The van der Waals surface area contributed by atoms with Gasteiger partial charge < -0.3 is 10.1 Å². The largest absolute Gasteiger partial charge is 0.434 e. The van der Waals surface area contributed by atoms with E-state index < -0.39 is 35.8 Å². The van der Waals surface area contributed by atoms with Gasteiger partial charge in [-0.25, -0.2) is 8.78 Å². The van der Waals surface area contributed by atoms with Crippen molar-refractivity contribution in [1.29, 1.82) is 0 Å². The molecule has 1 N–H and O–H groups in total. The first-order valence-electron chi connectivity index (χ1n) is 7.22. The highest BCUT2D eigenvalue weighted by atomic mass is 19.3. The van der Waals surface area contributed by atoms with Crippen molar-refractivity contribution >= 4 is 5.91 Å². The quantitative estimate of drug-likeness (QED) is 0.789. The zero-order chi connectivity index (χ0) is 17.7. The van der Waals surface area contributed by atoms with E-state index in [1.54, 1.807) is 13.0 Å². The molecule has 0 aliphatic carbocycles. The van der Waals surface area contributed by atoms with E-state index in [1.165, 1.54) is 18.2 Å². The number of rotatable bonds is 6. The van der Waals surface area contributed by atoms with Crippen LogP contribution >= 0.6 is 0 Å². The zero-order valence-corrected chi connectivity index (χ0v) is 12.7.